The lowest BCUT2D eigenvalue weighted by Crippen LogP contribution is -2.53. The molecule has 0 radical (unpaired) electrons. The maximum Gasteiger partial charge on any atom is 0.354 e. The first kappa shape index (κ1) is 21.0. The Balaban J connectivity index is 1.61. The highest BCUT2D eigenvalue weighted by atomic mass is 16.5. The predicted molar refractivity (Wildman–Crippen MR) is 113 cm³/mol. The third-order valence-electron chi connectivity index (χ3n) is 5.77. The normalized spacial score (nSPS) is 20.3. The van der Waals surface area contributed by atoms with Crippen molar-refractivity contribution in [3.05, 3.63) is 42.0 Å². The van der Waals surface area contributed by atoms with E-state index in [9.17, 15) is 9.59 Å². The van der Waals surface area contributed by atoms with Crippen molar-refractivity contribution in [3.8, 4) is 0 Å². The Kier molecular flexibility index (Phi) is 6.01. The Bertz CT molecular complexity index is 965. The van der Waals surface area contributed by atoms with Gasteiger partial charge in [0.25, 0.3) is 0 Å². The van der Waals surface area contributed by atoms with Crippen LogP contribution in [-0.4, -0.2) is 40.4 Å². The molecule has 4 rings (SSSR count). The summed E-state index contributed by atoms with van der Waals surface area (Å²) in [6.07, 6.45) is 4.67. The van der Waals surface area contributed by atoms with Gasteiger partial charge in [0.2, 0.25) is 11.8 Å². The molecule has 2 aromatic rings. The lowest BCUT2D eigenvalue weighted by Gasteiger charge is -2.36. The molecule has 1 amide bonds. The Morgan fingerprint density at radius 3 is 2.61 bits per heavy atom. The molecule has 31 heavy (non-hydrogen) atoms. The van der Waals surface area contributed by atoms with Gasteiger partial charge in [-0.25, -0.2) is 4.79 Å². The third-order valence-corrected chi connectivity index (χ3v) is 5.77. The van der Waals surface area contributed by atoms with Crippen LogP contribution in [0.3, 0.4) is 0 Å². The zero-order valence-electron chi connectivity index (χ0n) is 17.8. The zero-order chi connectivity index (χ0) is 21.8. The van der Waals surface area contributed by atoms with Crippen molar-refractivity contribution >= 4 is 23.3 Å². The highest BCUT2D eigenvalue weighted by molar-refractivity contribution is 6.38. The second kappa shape index (κ2) is 8.87. The molecule has 1 N–H and O–H groups in total. The van der Waals surface area contributed by atoms with Crippen molar-refractivity contribution in [1.29, 1.82) is 0 Å². The molecule has 0 saturated heterocycles. The summed E-state index contributed by atoms with van der Waals surface area (Å²) in [6, 6.07) is 8.67. The maximum atomic E-state index is 13.5. The van der Waals surface area contributed by atoms with Crippen molar-refractivity contribution < 1.29 is 18.8 Å². The predicted octanol–water partition coefficient (Wildman–Crippen LogP) is 2.85. The van der Waals surface area contributed by atoms with Gasteiger partial charge in [-0.2, -0.15) is 10.1 Å². The van der Waals surface area contributed by atoms with Gasteiger partial charge in [-0.05, 0) is 31.9 Å². The van der Waals surface area contributed by atoms with Gasteiger partial charge in [0.15, 0.2) is 5.82 Å². The lowest BCUT2D eigenvalue weighted by molar-refractivity contribution is -0.135. The van der Waals surface area contributed by atoms with Crippen molar-refractivity contribution in [2.45, 2.75) is 64.0 Å². The number of benzene rings is 1. The molecule has 0 bridgehead atoms. The topological polar surface area (TPSA) is 110 Å². The fourth-order valence-electron chi connectivity index (χ4n) is 4.24. The van der Waals surface area contributed by atoms with E-state index in [4.69, 9.17) is 9.26 Å². The van der Waals surface area contributed by atoms with Crippen LogP contribution in [0.1, 0.15) is 57.2 Å². The van der Waals surface area contributed by atoms with Crippen molar-refractivity contribution in [3.63, 3.8) is 0 Å². The van der Waals surface area contributed by atoms with E-state index in [1.807, 2.05) is 30.3 Å². The number of ether oxygens (including phenoxy) is 1. The molecule has 1 aromatic heterocycles. The molecule has 2 aliphatic rings. The quantitative estimate of drug-likeness (QED) is 0.709. The number of hydrogen-bond acceptors (Lipinski definition) is 8. The molecule has 1 unspecified atom stereocenters. The van der Waals surface area contributed by atoms with Gasteiger partial charge in [0, 0.05) is 13.3 Å². The molecule has 1 aromatic carbocycles. The zero-order valence-corrected chi connectivity index (χ0v) is 17.8. The number of rotatable bonds is 6. The van der Waals surface area contributed by atoms with Gasteiger partial charge in [0.1, 0.15) is 17.3 Å². The number of para-hydroxylation sites is 1. The Morgan fingerprint density at radius 2 is 1.97 bits per heavy atom. The summed E-state index contributed by atoms with van der Waals surface area (Å²) in [5, 5.41) is 13.4. The number of amides is 1. The van der Waals surface area contributed by atoms with E-state index in [1.54, 1.807) is 18.9 Å². The summed E-state index contributed by atoms with van der Waals surface area (Å²) < 4.78 is 10.3. The molecule has 9 nitrogen and oxygen atoms in total. The second-order valence-corrected chi connectivity index (χ2v) is 7.94. The molecule has 164 valence electrons. The first-order valence-electron chi connectivity index (χ1n) is 10.7. The third kappa shape index (κ3) is 4.30. The molecule has 1 aliphatic heterocycles. The fraction of sp³-hybridized carbons (Fsp3) is 0.500. The number of carbonyl (C=O) groups is 2. The summed E-state index contributed by atoms with van der Waals surface area (Å²) in [5.74, 6) is 0.249. The van der Waals surface area contributed by atoms with E-state index >= 15 is 0 Å². The summed E-state index contributed by atoms with van der Waals surface area (Å²) in [4.78, 5) is 30.3. The first-order chi connectivity index (χ1) is 15.0. The van der Waals surface area contributed by atoms with Gasteiger partial charge in [-0.15, -0.1) is 0 Å². The number of aromatic nitrogens is 2. The largest absolute Gasteiger partial charge is 0.461 e. The van der Waals surface area contributed by atoms with Crippen LogP contribution in [-0.2, 0) is 19.9 Å². The second-order valence-electron chi connectivity index (χ2n) is 7.94. The monoisotopic (exact) mass is 425 g/mol. The summed E-state index contributed by atoms with van der Waals surface area (Å²) in [5.41, 5.74) is 0.288. The molecule has 1 fully saturated rings. The number of aryl methyl sites for hydroxylation is 1. The standard InChI is InChI=1S/C22H27N5O4/c1-3-30-20(29)17-14-18(27(25-17)16-10-6-4-7-11-16)19(28)24-22(12-8-5-9-13-22)21-23-15(2)31-26-21/h4,6-7,10-11,18H,3,5,8-9,12-14H2,1-2H3,(H,24,28). The molecular formula is C22H27N5O4. The highest BCUT2D eigenvalue weighted by Crippen LogP contribution is 2.36. The number of carbonyl (C=O) groups excluding carboxylic acids is 2. The van der Waals surface area contributed by atoms with Gasteiger partial charge in [0.05, 0.1) is 12.3 Å². The average molecular weight is 425 g/mol. The van der Waals surface area contributed by atoms with E-state index < -0.39 is 17.6 Å². The summed E-state index contributed by atoms with van der Waals surface area (Å²) >= 11 is 0. The van der Waals surface area contributed by atoms with Crippen LogP contribution in [0.4, 0.5) is 5.69 Å². The van der Waals surface area contributed by atoms with E-state index in [0.29, 0.717) is 11.7 Å². The van der Waals surface area contributed by atoms with E-state index in [0.717, 1.165) is 37.8 Å². The highest BCUT2D eigenvalue weighted by Gasteiger charge is 2.44. The van der Waals surface area contributed by atoms with Crippen LogP contribution in [0.2, 0.25) is 0 Å². The molecule has 2 heterocycles. The molecule has 1 saturated carbocycles. The molecule has 9 heteroatoms. The summed E-state index contributed by atoms with van der Waals surface area (Å²) in [7, 11) is 0. The van der Waals surface area contributed by atoms with Gasteiger partial charge < -0.3 is 14.6 Å². The molecule has 0 spiro atoms. The SMILES string of the molecule is CCOC(=O)C1=NN(c2ccccc2)C(C(=O)NC2(c3noc(C)n3)CCCCC2)C1. The van der Waals surface area contributed by atoms with Crippen molar-refractivity contribution in [2.75, 3.05) is 11.6 Å². The average Bonchev–Trinajstić information content (AvgIpc) is 3.42. The minimum absolute atomic E-state index is 0.168. The Labute approximate surface area is 180 Å². The minimum Gasteiger partial charge on any atom is -0.461 e. The van der Waals surface area contributed by atoms with Crippen molar-refractivity contribution in [2.24, 2.45) is 5.10 Å². The van der Waals surface area contributed by atoms with Crippen LogP contribution in [0, 0.1) is 6.92 Å². The number of nitrogens with zero attached hydrogens (tertiary/aromatic N) is 4. The number of anilines is 1. The Morgan fingerprint density at radius 1 is 1.23 bits per heavy atom. The maximum absolute atomic E-state index is 13.5. The fourth-order valence-corrected chi connectivity index (χ4v) is 4.24. The molecular weight excluding hydrogens is 398 g/mol. The minimum atomic E-state index is -0.678. The smallest absolute Gasteiger partial charge is 0.354 e. The number of hydrogen-bond donors (Lipinski definition) is 1. The van der Waals surface area contributed by atoms with Gasteiger partial charge in [-0.1, -0.05) is 42.6 Å². The van der Waals surface area contributed by atoms with Crippen LogP contribution >= 0.6 is 0 Å². The number of nitrogens with one attached hydrogen (secondary N) is 1. The van der Waals surface area contributed by atoms with Crippen LogP contribution in [0.25, 0.3) is 0 Å². The first-order valence-corrected chi connectivity index (χ1v) is 10.7. The molecule has 1 atom stereocenters. The molecule has 1 aliphatic carbocycles. The van der Waals surface area contributed by atoms with Crippen LogP contribution < -0.4 is 10.3 Å². The van der Waals surface area contributed by atoms with E-state index in [2.05, 4.69) is 20.6 Å². The number of hydrazone groups is 1. The van der Waals surface area contributed by atoms with E-state index in [-0.39, 0.29) is 24.6 Å². The van der Waals surface area contributed by atoms with Crippen LogP contribution in [0.15, 0.2) is 40.0 Å². The Hall–Kier alpha value is -3.23. The van der Waals surface area contributed by atoms with Gasteiger partial charge in [-0.3, -0.25) is 9.80 Å². The summed E-state index contributed by atoms with van der Waals surface area (Å²) in [6.45, 7) is 3.73. The number of esters is 1. The van der Waals surface area contributed by atoms with E-state index in [1.165, 1.54) is 0 Å². The van der Waals surface area contributed by atoms with Gasteiger partial charge >= 0.3 is 5.97 Å². The van der Waals surface area contributed by atoms with Crippen LogP contribution in [0.5, 0.6) is 0 Å². The van der Waals surface area contributed by atoms with Crippen molar-refractivity contribution in [1.82, 2.24) is 15.5 Å². The lowest BCUT2D eigenvalue weighted by atomic mass is 9.80.